The van der Waals surface area contributed by atoms with Crippen molar-refractivity contribution in [3.8, 4) is 5.88 Å². The summed E-state index contributed by atoms with van der Waals surface area (Å²) in [6.45, 7) is 4.03. The number of sulfonamides is 1. The lowest BCUT2D eigenvalue weighted by molar-refractivity contribution is 0.0946. The summed E-state index contributed by atoms with van der Waals surface area (Å²) in [6, 6.07) is 6.59. The molecule has 0 unspecified atom stereocenters. The van der Waals surface area contributed by atoms with Crippen molar-refractivity contribution in [1.29, 1.82) is 0 Å². The van der Waals surface area contributed by atoms with Crippen LogP contribution in [0.2, 0.25) is 0 Å². The minimum Gasteiger partial charge on any atom is -0.481 e. The smallest absolute Gasteiger partial charge is 0.254 e. The number of rotatable bonds is 8. The highest BCUT2D eigenvalue weighted by atomic mass is 32.2. The van der Waals surface area contributed by atoms with E-state index in [1.54, 1.807) is 32.2 Å². The highest BCUT2D eigenvalue weighted by Gasteiger charge is 2.24. The van der Waals surface area contributed by atoms with E-state index in [2.05, 4.69) is 10.3 Å². The van der Waals surface area contributed by atoms with E-state index < -0.39 is 21.7 Å². The molecule has 1 aromatic heterocycles. The number of carbonyl (C=O) groups is 1. The van der Waals surface area contributed by atoms with Gasteiger partial charge in [0.25, 0.3) is 5.91 Å². The molecular formula is C18H22FN3O4S. The Morgan fingerprint density at radius 3 is 2.59 bits per heavy atom. The number of methoxy groups -OCH3 is 1. The summed E-state index contributed by atoms with van der Waals surface area (Å²) < 4.78 is 45.7. The van der Waals surface area contributed by atoms with Gasteiger partial charge in [0, 0.05) is 31.4 Å². The Morgan fingerprint density at radius 2 is 1.96 bits per heavy atom. The molecule has 2 rings (SSSR count). The maximum absolute atomic E-state index is 14.1. The first-order valence-electron chi connectivity index (χ1n) is 8.40. The number of nitrogens with one attached hydrogen (secondary N) is 1. The predicted molar refractivity (Wildman–Crippen MR) is 98.5 cm³/mol. The number of aromatic nitrogens is 1. The highest BCUT2D eigenvalue weighted by molar-refractivity contribution is 7.89. The Hall–Kier alpha value is -2.52. The van der Waals surface area contributed by atoms with Crippen molar-refractivity contribution in [3.63, 3.8) is 0 Å². The molecule has 2 aromatic rings. The van der Waals surface area contributed by atoms with E-state index in [9.17, 15) is 17.6 Å². The number of nitrogens with zero attached hydrogens (tertiary/aromatic N) is 2. The Kier molecular flexibility index (Phi) is 6.86. The molecule has 1 amide bonds. The number of ether oxygens (including phenoxy) is 1. The van der Waals surface area contributed by atoms with Crippen LogP contribution in [-0.2, 0) is 16.6 Å². The van der Waals surface area contributed by atoms with E-state index in [-0.39, 0.29) is 30.1 Å². The van der Waals surface area contributed by atoms with Gasteiger partial charge in [0.1, 0.15) is 5.82 Å². The second kappa shape index (κ2) is 8.92. The number of hydrogen-bond acceptors (Lipinski definition) is 5. The number of amides is 1. The van der Waals surface area contributed by atoms with Crippen molar-refractivity contribution in [1.82, 2.24) is 14.6 Å². The van der Waals surface area contributed by atoms with Crippen LogP contribution in [-0.4, -0.2) is 43.8 Å². The molecule has 0 atom stereocenters. The van der Waals surface area contributed by atoms with Crippen molar-refractivity contribution in [2.24, 2.45) is 0 Å². The normalized spacial score (nSPS) is 11.4. The fraction of sp³-hybridized carbons (Fsp3) is 0.333. The number of carbonyl (C=O) groups excluding carboxylic acids is 1. The third-order valence-electron chi connectivity index (χ3n) is 4.01. The van der Waals surface area contributed by atoms with Crippen LogP contribution in [0.4, 0.5) is 4.39 Å². The molecule has 27 heavy (non-hydrogen) atoms. The Balaban J connectivity index is 2.26. The molecule has 7 nitrogen and oxygen atoms in total. The summed E-state index contributed by atoms with van der Waals surface area (Å²) in [5, 5.41) is 2.56. The zero-order chi connectivity index (χ0) is 20.0. The molecule has 9 heteroatoms. The first-order chi connectivity index (χ1) is 12.8. The lowest BCUT2D eigenvalue weighted by Crippen LogP contribution is -2.31. The van der Waals surface area contributed by atoms with Gasteiger partial charge in [0.05, 0.1) is 17.6 Å². The fourth-order valence-electron chi connectivity index (χ4n) is 2.56. The first kappa shape index (κ1) is 20.8. The highest BCUT2D eigenvalue weighted by Crippen LogP contribution is 2.20. The van der Waals surface area contributed by atoms with E-state index in [4.69, 9.17) is 4.74 Å². The van der Waals surface area contributed by atoms with E-state index in [0.717, 1.165) is 18.2 Å². The topological polar surface area (TPSA) is 88.6 Å². The Labute approximate surface area is 158 Å². The zero-order valence-electron chi connectivity index (χ0n) is 15.4. The molecular weight excluding hydrogens is 373 g/mol. The average Bonchev–Trinajstić information content (AvgIpc) is 2.67. The van der Waals surface area contributed by atoms with Gasteiger partial charge in [-0.15, -0.1) is 0 Å². The summed E-state index contributed by atoms with van der Waals surface area (Å²) >= 11 is 0. The van der Waals surface area contributed by atoms with E-state index in [1.165, 1.54) is 11.4 Å². The van der Waals surface area contributed by atoms with Crippen LogP contribution in [0.5, 0.6) is 5.88 Å². The van der Waals surface area contributed by atoms with E-state index in [0.29, 0.717) is 11.4 Å². The van der Waals surface area contributed by atoms with Crippen molar-refractivity contribution >= 4 is 15.9 Å². The summed E-state index contributed by atoms with van der Waals surface area (Å²) in [4.78, 5) is 16.3. The Bertz CT molecular complexity index is 915. The number of benzene rings is 1. The van der Waals surface area contributed by atoms with Crippen LogP contribution >= 0.6 is 0 Å². The van der Waals surface area contributed by atoms with Gasteiger partial charge in [0.2, 0.25) is 15.9 Å². The minimum absolute atomic E-state index is 0.0578. The maximum Gasteiger partial charge on any atom is 0.254 e. The van der Waals surface area contributed by atoms with Gasteiger partial charge in [-0.2, -0.15) is 4.31 Å². The Morgan fingerprint density at radius 1 is 1.26 bits per heavy atom. The van der Waals surface area contributed by atoms with Gasteiger partial charge >= 0.3 is 0 Å². The SMILES string of the molecule is CCN(CC)S(=O)(=O)c1ccc(F)c(C(=O)NCc2cccnc2OC)c1. The van der Waals surface area contributed by atoms with Crippen molar-refractivity contribution in [2.75, 3.05) is 20.2 Å². The molecule has 1 aromatic carbocycles. The predicted octanol–water partition coefficient (Wildman–Crippen LogP) is 2.19. The standard InChI is InChI=1S/C18H22FN3O4S/c1-4-22(5-2)27(24,25)14-8-9-16(19)15(11-14)17(23)21-12-13-7-6-10-20-18(13)26-3/h6-11H,4-5,12H2,1-3H3,(H,21,23). The van der Waals surface area contributed by atoms with Crippen LogP contribution in [0, 0.1) is 5.82 Å². The quantitative estimate of drug-likeness (QED) is 0.740. The molecule has 0 spiro atoms. The third kappa shape index (κ3) is 4.61. The summed E-state index contributed by atoms with van der Waals surface area (Å²) in [5.41, 5.74) is 0.270. The second-order valence-corrected chi connectivity index (χ2v) is 7.52. The van der Waals surface area contributed by atoms with Gasteiger partial charge in [-0.25, -0.2) is 17.8 Å². The van der Waals surface area contributed by atoms with E-state index in [1.807, 2.05) is 0 Å². The molecule has 1 N–H and O–H groups in total. The molecule has 0 aliphatic heterocycles. The fourth-order valence-corrected chi connectivity index (χ4v) is 4.05. The first-order valence-corrected chi connectivity index (χ1v) is 9.84. The van der Waals surface area contributed by atoms with Gasteiger partial charge in [-0.3, -0.25) is 4.79 Å². The van der Waals surface area contributed by atoms with Crippen molar-refractivity contribution < 1.29 is 22.3 Å². The molecule has 0 saturated carbocycles. The van der Waals surface area contributed by atoms with Crippen LogP contribution < -0.4 is 10.1 Å². The summed E-state index contributed by atoms with van der Waals surface area (Å²) in [6.07, 6.45) is 1.55. The van der Waals surface area contributed by atoms with E-state index >= 15 is 0 Å². The molecule has 0 aliphatic rings. The number of pyridine rings is 1. The number of halogens is 1. The molecule has 1 heterocycles. The zero-order valence-corrected chi connectivity index (χ0v) is 16.2. The summed E-state index contributed by atoms with van der Waals surface area (Å²) in [7, 11) is -2.34. The van der Waals surface area contributed by atoms with Gasteiger partial charge in [0.15, 0.2) is 0 Å². The third-order valence-corrected chi connectivity index (χ3v) is 6.05. The lowest BCUT2D eigenvalue weighted by Gasteiger charge is -2.19. The van der Waals surface area contributed by atoms with Crippen LogP contribution in [0.1, 0.15) is 29.8 Å². The van der Waals surface area contributed by atoms with Crippen molar-refractivity contribution in [3.05, 3.63) is 53.5 Å². The number of hydrogen-bond donors (Lipinski definition) is 1. The van der Waals surface area contributed by atoms with Crippen LogP contribution in [0.3, 0.4) is 0 Å². The maximum atomic E-state index is 14.1. The molecule has 0 fully saturated rings. The second-order valence-electron chi connectivity index (χ2n) is 5.59. The molecule has 0 aliphatic carbocycles. The summed E-state index contributed by atoms with van der Waals surface area (Å²) in [5.74, 6) is -1.18. The van der Waals surface area contributed by atoms with Crippen LogP contribution in [0.15, 0.2) is 41.4 Å². The van der Waals surface area contributed by atoms with Crippen molar-refractivity contribution in [2.45, 2.75) is 25.3 Å². The van der Waals surface area contributed by atoms with Gasteiger partial charge in [-0.1, -0.05) is 19.9 Å². The molecule has 146 valence electrons. The monoisotopic (exact) mass is 395 g/mol. The molecule has 0 saturated heterocycles. The van der Waals surface area contributed by atoms with Gasteiger partial charge in [-0.05, 0) is 24.3 Å². The van der Waals surface area contributed by atoms with Crippen LogP contribution in [0.25, 0.3) is 0 Å². The minimum atomic E-state index is -3.80. The molecule has 0 radical (unpaired) electrons. The lowest BCUT2D eigenvalue weighted by atomic mass is 10.2. The van der Waals surface area contributed by atoms with Gasteiger partial charge < -0.3 is 10.1 Å². The largest absolute Gasteiger partial charge is 0.481 e. The average molecular weight is 395 g/mol. The molecule has 0 bridgehead atoms.